The second-order valence-electron chi connectivity index (χ2n) is 8.21. The van der Waals surface area contributed by atoms with Gasteiger partial charge in [0.05, 0.1) is 11.3 Å². The van der Waals surface area contributed by atoms with Crippen LogP contribution in [0.3, 0.4) is 0 Å². The summed E-state index contributed by atoms with van der Waals surface area (Å²) < 4.78 is 7.28. The van der Waals surface area contributed by atoms with E-state index in [0.29, 0.717) is 24.2 Å². The van der Waals surface area contributed by atoms with Crippen LogP contribution in [0, 0.1) is 0 Å². The number of ether oxygens (including phenoxy) is 1. The number of carbonyl (C=O) groups excluding carboxylic acids is 2. The van der Waals surface area contributed by atoms with E-state index >= 15 is 0 Å². The Kier molecular flexibility index (Phi) is 7.49. The summed E-state index contributed by atoms with van der Waals surface area (Å²) in [6.07, 6.45) is 5.69. The van der Waals surface area contributed by atoms with E-state index in [1.165, 1.54) is 5.56 Å². The molecule has 1 aliphatic heterocycles. The van der Waals surface area contributed by atoms with Crippen LogP contribution in [-0.2, 0) is 4.74 Å². The third-order valence-electron chi connectivity index (χ3n) is 5.81. The molecular formula is C24H28N4O3S2. The molecule has 0 saturated carbocycles. The summed E-state index contributed by atoms with van der Waals surface area (Å²) in [6.45, 7) is 3.89. The van der Waals surface area contributed by atoms with Crippen LogP contribution in [0.1, 0.15) is 41.6 Å². The number of hydrogen-bond donors (Lipinski definition) is 1. The number of rotatable bonds is 7. The van der Waals surface area contributed by atoms with Crippen molar-refractivity contribution in [3.8, 4) is 5.69 Å². The summed E-state index contributed by atoms with van der Waals surface area (Å²) in [5.74, 6) is -0.212. The molecule has 7 nitrogen and oxygen atoms in total. The van der Waals surface area contributed by atoms with E-state index in [-0.39, 0.29) is 17.3 Å². The monoisotopic (exact) mass is 484 g/mol. The van der Waals surface area contributed by atoms with Crippen LogP contribution in [0.4, 0.5) is 4.79 Å². The maximum atomic E-state index is 12.5. The molecule has 2 heterocycles. The van der Waals surface area contributed by atoms with Gasteiger partial charge < -0.3 is 15.4 Å². The van der Waals surface area contributed by atoms with Crippen LogP contribution in [-0.4, -0.2) is 57.9 Å². The van der Waals surface area contributed by atoms with E-state index in [1.807, 2.05) is 35.6 Å². The summed E-state index contributed by atoms with van der Waals surface area (Å²) in [5.41, 5.74) is 8.59. The first-order valence-corrected chi connectivity index (χ1v) is 13.6. The highest BCUT2D eigenvalue weighted by Crippen LogP contribution is 2.29. The van der Waals surface area contributed by atoms with Gasteiger partial charge in [-0.15, -0.1) is 0 Å². The van der Waals surface area contributed by atoms with Crippen molar-refractivity contribution < 1.29 is 14.3 Å². The van der Waals surface area contributed by atoms with Crippen LogP contribution in [0.5, 0.6) is 0 Å². The first-order chi connectivity index (χ1) is 16.0. The van der Waals surface area contributed by atoms with Crippen molar-refractivity contribution in [1.29, 1.82) is 0 Å². The Bertz CT molecular complexity index is 1130. The van der Waals surface area contributed by atoms with Crippen molar-refractivity contribution >= 4 is 44.5 Å². The van der Waals surface area contributed by atoms with Crippen molar-refractivity contribution in [2.45, 2.75) is 30.9 Å². The molecule has 1 fully saturated rings. The van der Waals surface area contributed by atoms with E-state index in [0.717, 1.165) is 30.5 Å². The summed E-state index contributed by atoms with van der Waals surface area (Å²) in [6, 6.07) is 13.6. The quantitative estimate of drug-likeness (QED) is 0.483. The lowest BCUT2D eigenvalue weighted by Gasteiger charge is -2.32. The van der Waals surface area contributed by atoms with Gasteiger partial charge in [0.25, 0.3) is 5.91 Å². The van der Waals surface area contributed by atoms with Crippen LogP contribution in [0.2, 0.25) is 0 Å². The van der Waals surface area contributed by atoms with Gasteiger partial charge in [0.1, 0.15) is 12.1 Å². The maximum absolute atomic E-state index is 12.5. The number of piperidine rings is 1. The maximum Gasteiger partial charge on any atom is 0.409 e. The van der Waals surface area contributed by atoms with Gasteiger partial charge in [0.2, 0.25) is 0 Å². The number of hydrogen-bond acceptors (Lipinski definition) is 6. The number of aromatic nitrogens is 2. The number of primary amides is 1. The van der Waals surface area contributed by atoms with Gasteiger partial charge in [-0.25, -0.2) is 9.48 Å². The molecule has 1 aromatic heterocycles. The number of amides is 2. The van der Waals surface area contributed by atoms with E-state index in [2.05, 4.69) is 24.2 Å². The minimum Gasteiger partial charge on any atom is -0.448 e. The molecule has 2 aromatic carbocycles. The fourth-order valence-corrected chi connectivity index (χ4v) is 5.77. The molecular weight excluding hydrogens is 456 g/mol. The van der Waals surface area contributed by atoms with E-state index in [9.17, 15) is 9.59 Å². The molecule has 0 unspecified atom stereocenters. The minimum absolute atomic E-state index is 0.224. The predicted molar refractivity (Wildman–Crippen MR) is 135 cm³/mol. The summed E-state index contributed by atoms with van der Waals surface area (Å²) in [4.78, 5) is 26.0. The van der Waals surface area contributed by atoms with Crippen molar-refractivity contribution in [2.24, 2.45) is 5.73 Å². The first-order valence-electron chi connectivity index (χ1n) is 11.0. The molecule has 9 heteroatoms. The molecule has 0 bridgehead atoms. The van der Waals surface area contributed by atoms with Crippen molar-refractivity contribution in [3.05, 3.63) is 59.8 Å². The van der Waals surface area contributed by atoms with E-state index < -0.39 is 5.91 Å². The molecule has 4 rings (SSSR count). The molecule has 0 aliphatic carbocycles. The minimum atomic E-state index is -0.487. The second kappa shape index (κ2) is 10.5. The number of nitrogens with zero attached hydrogens (tertiary/aromatic N) is 3. The predicted octanol–water partition coefficient (Wildman–Crippen LogP) is 4.84. The van der Waals surface area contributed by atoms with Crippen molar-refractivity contribution in [3.63, 3.8) is 0 Å². The standard InChI is InChI=1S/C24H28N4O3S2/c1-16(33-32-2)15-31-24(30)27-12-4-6-18(13-27)17-8-10-20(11-9-17)28-14-19-5-3-7-21(23(25)29)22(19)26-28/h3,5,7-11,14,16,18H,4,6,12-13,15H2,1-2H3,(H2,25,29)/t16-,18-/m1/s1. The topological polar surface area (TPSA) is 90.5 Å². The number of likely N-dealkylation sites (tertiary alicyclic amines) is 1. The highest BCUT2D eigenvalue weighted by atomic mass is 33.1. The van der Waals surface area contributed by atoms with Gasteiger partial charge >= 0.3 is 6.09 Å². The smallest absolute Gasteiger partial charge is 0.409 e. The fraction of sp³-hybridized carbons (Fsp3) is 0.375. The summed E-state index contributed by atoms with van der Waals surface area (Å²) >= 11 is 0. The third kappa shape index (κ3) is 5.47. The fourth-order valence-electron chi connectivity index (χ4n) is 4.16. The van der Waals surface area contributed by atoms with E-state index in [1.54, 1.807) is 38.4 Å². The Morgan fingerprint density at radius 3 is 2.76 bits per heavy atom. The summed E-state index contributed by atoms with van der Waals surface area (Å²) in [5, 5.41) is 5.71. The zero-order chi connectivity index (χ0) is 23.4. The van der Waals surface area contributed by atoms with E-state index in [4.69, 9.17) is 10.5 Å². The Hall–Kier alpha value is -2.65. The SMILES string of the molecule is CSS[C@H](C)COC(=O)N1CCC[C@@H](c2ccc(-n3cc4cccc(C(N)=O)c4n3)cc2)C1. The lowest BCUT2D eigenvalue weighted by molar-refractivity contribution is 0.0926. The average Bonchev–Trinajstić information content (AvgIpc) is 3.27. The lowest BCUT2D eigenvalue weighted by atomic mass is 9.91. The normalized spacial score (nSPS) is 17.2. The van der Waals surface area contributed by atoms with Crippen LogP contribution >= 0.6 is 21.6 Å². The number of benzene rings is 2. The Labute approximate surface area is 201 Å². The molecule has 33 heavy (non-hydrogen) atoms. The number of nitrogens with two attached hydrogens (primary N) is 1. The summed E-state index contributed by atoms with van der Waals surface area (Å²) in [7, 11) is 3.39. The largest absolute Gasteiger partial charge is 0.448 e. The molecule has 0 radical (unpaired) electrons. The van der Waals surface area contributed by atoms with Gasteiger partial charge in [-0.1, -0.05) is 45.9 Å². The average molecular weight is 485 g/mol. The molecule has 2 N–H and O–H groups in total. The zero-order valence-corrected chi connectivity index (χ0v) is 20.4. The van der Waals surface area contributed by atoms with Crippen molar-refractivity contribution in [1.82, 2.24) is 14.7 Å². The van der Waals surface area contributed by atoms with Crippen molar-refractivity contribution in [2.75, 3.05) is 26.0 Å². The zero-order valence-electron chi connectivity index (χ0n) is 18.8. The Morgan fingerprint density at radius 2 is 2.03 bits per heavy atom. The number of carbonyl (C=O) groups is 2. The molecule has 1 aliphatic rings. The molecule has 2 amide bonds. The van der Waals surface area contributed by atoms with Gasteiger partial charge in [-0.2, -0.15) is 5.10 Å². The van der Waals surface area contributed by atoms with Gasteiger partial charge in [-0.3, -0.25) is 4.79 Å². The molecule has 3 aromatic rings. The Balaban J connectivity index is 1.44. The molecule has 174 valence electrons. The molecule has 1 saturated heterocycles. The molecule has 0 spiro atoms. The van der Waals surface area contributed by atoms with Gasteiger partial charge in [0.15, 0.2) is 0 Å². The second-order valence-corrected chi connectivity index (χ2v) is 11.1. The highest BCUT2D eigenvalue weighted by Gasteiger charge is 2.26. The first kappa shape index (κ1) is 23.5. The van der Waals surface area contributed by atoms with Gasteiger partial charge in [-0.05, 0) is 49.8 Å². The lowest BCUT2D eigenvalue weighted by Crippen LogP contribution is -2.40. The third-order valence-corrected chi connectivity index (χ3v) is 8.03. The van der Waals surface area contributed by atoms with Crippen LogP contribution < -0.4 is 5.73 Å². The number of fused-ring (bicyclic) bond motifs is 1. The van der Waals surface area contributed by atoms with Gasteiger partial charge in [0, 0.05) is 35.8 Å². The highest BCUT2D eigenvalue weighted by molar-refractivity contribution is 8.76. The molecule has 2 atom stereocenters. The van der Waals surface area contributed by atoms with Crippen LogP contribution in [0.25, 0.3) is 16.6 Å². The van der Waals surface area contributed by atoms with Crippen LogP contribution in [0.15, 0.2) is 48.7 Å². The Morgan fingerprint density at radius 1 is 1.24 bits per heavy atom.